The molecular weight excluding hydrogens is 406 g/mol. The number of benzene rings is 1. The Morgan fingerprint density at radius 3 is 2.55 bits per heavy atom. The van der Waals surface area contributed by atoms with Crippen LogP contribution in [-0.4, -0.2) is 20.4 Å². The number of hydrogen-bond donors (Lipinski definition) is 1. The van der Waals surface area contributed by atoms with Gasteiger partial charge in [0.25, 0.3) is 11.5 Å². The first-order valence-electron chi connectivity index (χ1n) is 9.45. The van der Waals surface area contributed by atoms with Gasteiger partial charge in [-0.3, -0.25) is 14.6 Å². The van der Waals surface area contributed by atoms with Crippen molar-refractivity contribution in [3.63, 3.8) is 0 Å². The molecule has 0 spiro atoms. The predicted octanol–water partition coefficient (Wildman–Crippen LogP) is 3.26. The molecule has 31 heavy (non-hydrogen) atoms. The first-order chi connectivity index (χ1) is 14.8. The van der Waals surface area contributed by atoms with Gasteiger partial charge in [0.2, 0.25) is 0 Å². The van der Waals surface area contributed by atoms with E-state index < -0.39 is 23.1 Å². The lowest BCUT2D eigenvalue weighted by atomic mass is 10.1. The van der Waals surface area contributed by atoms with E-state index in [1.807, 2.05) is 0 Å². The van der Waals surface area contributed by atoms with E-state index in [0.29, 0.717) is 28.4 Å². The molecule has 3 aromatic heterocycles. The van der Waals surface area contributed by atoms with Crippen molar-refractivity contribution >= 4 is 16.8 Å². The molecule has 0 bridgehead atoms. The Bertz CT molecular complexity index is 1340. The molecule has 0 saturated heterocycles. The van der Waals surface area contributed by atoms with E-state index in [4.69, 9.17) is 4.42 Å². The summed E-state index contributed by atoms with van der Waals surface area (Å²) in [6, 6.07) is 6.20. The third kappa shape index (κ3) is 4.35. The number of amides is 1. The lowest BCUT2D eigenvalue weighted by Gasteiger charge is -2.10. The number of rotatable bonds is 5. The second-order valence-electron chi connectivity index (χ2n) is 7.12. The summed E-state index contributed by atoms with van der Waals surface area (Å²) in [5.74, 6) is -1.36. The number of nitrogens with zero attached hydrogens (tertiary/aromatic N) is 3. The van der Waals surface area contributed by atoms with Crippen LogP contribution < -0.4 is 10.9 Å². The summed E-state index contributed by atoms with van der Waals surface area (Å²) >= 11 is 0. The molecule has 9 heteroatoms. The fourth-order valence-corrected chi connectivity index (χ4v) is 3.31. The van der Waals surface area contributed by atoms with E-state index in [9.17, 15) is 18.4 Å². The monoisotopic (exact) mass is 424 g/mol. The molecule has 1 aromatic carbocycles. The molecule has 1 N–H and O–H groups in total. The molecule has 0 radical (unpaired) electrons. The number of oxazole rings is 1. The van der Waals surface area contributed by atoms with Crippen molar-refractivity contribution in [1.29, 1.82) is 0 Å². The minimum Gasteiger partial charge on any atom is -0.449 e. The van der Waals surface area contributed by atoms with Crippen molar-refractivity contribution in [2.24, 2.45) is 0 Å². The van der Waals surface area contributed by atoms with Gasteiger partial charge in [-0.1, -0.05) is 0 Å². The lowest BCUT2D eigenvalue weighted by Crippen LogP contribution is -2.25. The van der Waals surface area contributed by atoms with Gasteiger partial charge >= 0.3 is 0 Å². The van der Waals surface area contributed by atoms with Gasteiger partial charge in [0.1, 0.15) is 17.9 Å². The Hall–Kier alpha value is -3.88. The van der Waals surface area contributed by atoms with E-state index in [1.165, 1.54) is 23.1 Å². The highest BCUT2D eigenvalue weighted by molar-refractivity contribution is 5.98. The van der Waals surface area contributed by atoms with Crippen LogP contribution in [0.4, 0.5) is 8.78 Å². The second-order valence-corrected chi connectivity index (χ2v) is 7.12. The Morgan fingerprint density at radius 1 is 1.13 bits per heavy atom. The molecule has 0 atom stereocenters. The Labute approximate surface area is 175 Å². The summed E-state index contributed by atoms with van der Waals surface area (Å²) < 4.78 is 33.4. The van der Waals surface area contributed by atoms with Gasteiger partial charge in [0, 0.05) is 19.2 Å². The van der Waals surface area contributed by atoms with Gasteiger partial charge in [-0.05, 0) is 36.8 Å². The van der Waals surface area contributed by atoms with Gasteiger partial charge in [0.15, 0.2) is 5.89 Å². The van der Waals surface area contributed by atoms with Crippen LogP contribution in [0, 0.1) is 25.5 Å². The first kappa shape index (κ1) is 20.4. The van der Waals surface area contributed by atoms with Crippen molar-refractivity contribution in [1.82, 2.24) is 19.9 Å². The number of aryl methyl sites for hydroxylation is 2. The normalized spacial score (nSPS) is 11.1. The maximum atomic E-state index is 13.5. The van der Waals surface area contributed by atoms with E-state index in [2.05, 4.69) is 15.3 Å². The van der Waals surface area contributed by atoms with Gasteiger partial charge in [-0.2, -0.15) is 0 Å². The zero-order valence-electron chi connectivity index (χ0n) is 16.8. The molecule has 3 heterocycles. The topological polar surface area (TPSA) is 90.0 Å². The van der Waals surface area contributed by atoms with E-state index in [-0.39, 0.29) is 24.0 Å². The molecule has 4 aromatic rings. The molecule has 4 rings (SSSR count). The number of carbonyl (C=O) groups is 1. The summed E-state index contributed by atoms with van der Waals surface area (Å²) in [4.78, 5) is 34.1. The number of hydrogen-bond acceptors (Lipinski definition) is 5. The largest absolute Gasteiger partial charge is 0.449 e. The van der Waals surface area contributed by atoms with Crippen LogP contribution in [0.2, 0.25) is 0 Å². The third-order valence-electron chi connectivity index (χ3n) is 4.76. The molecule has 1 amide bonds. The zero-order valence-corrected chi connectivity index (χ0v) is 16.8. The molecule has 0 fully saturated rings. The van der Waals surface area contributed by atoms with Gasteiger partial charge in [-0.25, -0.2) is 13.8 Å². The quantitative estimate of drug-likeness (QED) is 0.531. The lowest BCUT2D eigenvalue weighted by molar-refractivity contribution is 0.0949. The highest BCUT2D eigenvalue weighted by atomic mass is 19.1. The average molecular weight is 424 g/mol. The van der Waals surface area contributed by atoms with E-state index >= 15 is 0 Å². The highest BCUT2D eigenvalue weighted by Crippen LogP contribution is 2.15. The highest BCUT2D eigenvalue weighted by Gasteiger charge is 2.15. The molecule has 0 aliphatic rings. The van der Waals surface area contributed by atoms with Crippen LogP contribution in [0.5, 0.6) is 0 Å². The van der Waals surface area contributed by atoms with Crippen molar-refractivity contribution in [3.05, 3.63) is 93.2 Å². The maximum Gasteiger partial charge on any atom is 0.260 e. The third-order valence-corrected chi connectivity index (χ3v) is 4.76. The molecule has 0 aliphatic heterocycles. The molecular formula is C22H18F2N4O3. The summed E-state index contributed by atoms with van der Waals surface area (Å²) in [6.07, 6.45) is 2.96. The second kappa shape index (κ2) is 8.10. The average Bonchev–Trinajstić information content (AvgIpc) is 3.12. The van der Waals surface area contributed by atoms with Crippen LogP contribution >= 0.6 is 0 Å². The number of pyridine rings is 2. The fraction of sp³-hybridized carbons (Fsp3) is 0.182. The van der Waals surface area contributed by atoms with Gasteiger partial charge in [-0.15, -0.1) is 0 Å². The van der Waals surface area contributed by atoms with Crippen molar-refractivity contribution in [2.75, 3.05) is 0 Å². The summed E-state index contributed by atoms with van der Waals surface area (Å²) in [7, 11) is 0. The molecule has 0 saturated carbocycles. The minimum atomic E-state index is -0.720. The Morgan fingerprint density at radius 2 is 1.87 bits per heavy atom. The summed E-state index contributed by atoms with van der Waals surface area (Å²) in [5, 5.41) is 2.96. The Kier molecular flexibility index (Phi) is 5.33. The smallest absolute Gasteiger partial charge is 0.260 e. The standard InChI is InChI=1S/C22H18F2N4O3/c1-12-18(21(29)25-9-17-11-31-13(2)27-17)8-19-20(26-12)3-4-28(22(19)30)10-14-5-15(23)7-16(24)6-14/h3-8,11H,9-10H2,1-2H3,(H,25,29). The number of aromatic nitrogens is 3. The first-order valence-corrected chi connectivity index (χ1v) is 9.45. The van der Waals surface area contributed by atoms with E-state index in [1.54, 1.807) is 19.9 Å². The predicted molar refractivity (Wildman–Crippen MR) is 109 cm³/mol. The summed E-state index contributed by atoms with van der Waals surface area (Å²) in [5.41, 5.74) is 1.59. The van der Waals surface area contributed by atoms with Crippen molar-refractivity contribution in [3.8, 4) is 0 Å². The van der Waals surface area contributed by atoms with Crippen LogP contribution in [0.15, 0.2) is 52.0 Å². The van der Waals surface area contributed by atoms with Crippen LogP contribution in [0.1, 0.15) is 33.2 Å². The molecule has 158 valence electrons. The molecule has 0 unspecified atom stereocenters. The molecule has 7 nitrogen and oxygen atoms in total. The van der Waals surface area contributed by atoms with Crippen LogP contribution in [-0.2, 0) is 13.1 Å². The number of nitrogens with one attached hydrogen (secondary N) is 1. The van der Waals surface area contributed by atoms with Gasteiger partial charge < -0.3 is 14.3 Å². The fourth-order valence-electron chi connectivity index (χ4n) is 3.31. The SMILES string of the molecule is Cc1nc(CNC(=O)c2cc3c(=O)n(Cc4cc(F)cc(F)c4)ccc3nc2C)co1. The Balaban J connectivity index is 1.65. The number of carbonyl (C=O) groups excluding carboxylic acids is 1. The number of halogens is 2. The molecule has 0 aliphatic carbocycles. The zero-order chi connectivity index (χ0) is 22.1. The number of fused-ring (bicyclic) bond motifs is 1. The van der Waals surface area contributed by atoms with Crippen LogP contribution in [0.25, 0.3) is 10.9 Å². The van der Waals surface area contributed by atoms with Gasteiger partial charge in [0.05, 0.1) is 40.9 Å². The summed E-state index contributed by atoms with van der Waals surface area (Å²) in [6.45, 7) is 3.52. The van der Waals surface area contributed by atoms with Crippen molar-refractivity contribution < 1.29 is 18.0 Å². The minimum absolute atomic E-state index is 0.0234. The maximum absolute atomic E-state index is 13.5. The van der Waals surface area contributed by atoms with Crippen LogP contribution in [0.3, 0.4) is 0 Å². The van der Waals surface area contributed by atoms with Crippen molar-refractivity contribution in [2.45, 2.75) is 26.9 Å². The van der Waals surface area contributed by atoms with E-state index in [0.717, 1.165) is 18.2 Å².